The number of methoxy groups -OCH3 is 1. The molecule has 9 heteroatoms. The van der Waals surface area contributed by atoms with Gasteiger partial charge in [-0.25, -0.2) is 4.39 Å². The Balaban J connectivity index is 1.32. The van der Waals surface area contributed by atoms with E-state index in [0.29, 0.717) is 43.0 Å². The lowest BCUT2D eigenvalue weighted by Crippen LogP contribution is -2.39. The molecule has 0 aliphatic carbocycles. The Morgan fingerprint density at radius 1 is 1.22 bits per heavy atom. The standard InChI is InChI=1S/C27H32FN3O5/c1-18-7-3-4-8-22(18)29-27-30-23-11-10-19(13-24(23)36-27)14-25(32)31-16-20(28)15-21(31)17-35-12-6-5-9-26(33)34-2/h3-4,7-8,10-11,13,20-21H,5-6,9,12,14-17H2,1-2H3,(H,29,30)/t20-,21-/m0/s1. The predicted octanol–water partition coefficient (Wildman–Crippen LogP) is 4.72. The Kier molecular flexibility index (Phi) is 8.53. The second-order valence-electron chi connectivity index (χ2n) is 9.08. The third kappa shape index (κ3) is 6.60. The topological polar surface area (TPSA) is 93.9 Å². The van der Waals surface area contributed by atoms with Crippen LogP contribution in [0.5, 0.6) is 0 Å². The van der Waals surface area contributed by atoms with E-state index in [1.54, 1.807) is 11.0 Å². The number of hydrogen-bond donors (Lipinski definition) is 1. The first-order valence-electron chi connectivity index (χ1n) is 12.2. The zero-order valence-electron chi connectivity index (χ0n) is 20.7. The SMILES string of the molecule is COC(=O)CCCCOC[C@@H]1C[C@H](F)CN1C(=O)Cc1ccc2nc(Nc3ccccc3C)oc2c1. The van der Waals surface area contributed by atoms with Gasteiger partial charge >= 0.3 is 5.97 Å². The molecule has 0 unspecified atom stereocenters. The summed E-state index contributed by atoms with van der Waals surface area (Å²) in [7, 11) is 1.36. The van der Waals surface area contributed by atoms with E-state index >= 15 is 0 Å². The maximum Gasteiger partial charge on any atom is 0.305 e. The van der Waals surface area contributed by atoms with E-state index < -0.39 is 6.17 Å². The summed E-state index contributed by atoms with van der Waals surface area (Å²) >= 11 is 0. The highest BCUT2D eigenvalue weighted by Gasteiger charge is 2.35. The molecule has 192 valence electrons. The number of nitrogens with one attached hydrogen (secondary N) is 1. The summed E-state index contributed by atoms with van der Waals surface area (Å²) in [6, 6.07) is 13.4. The maximum atomic E-state index is 14.2. The number of aryl methyl sites for hydroxylation is 1. The van der Waals surface area contributed by atoms with Gasteiger partial charge in [0.1, 0.15) is 11.7 Å². The van der Waals surface area contributed by atoms with Crippen LogP contribution < -0.4 is 5.32 Å². The number of alkyl halides is 1. The zero-order chi connectivity index (χ0) is 25.5. The van der Waals surface area contributed by atoms with Crippen molar-refractivity contribution in [1.82, 2.24) is 9.88 Å². The van der Waals surface area contributed by atoms with Gasteiger partial charge in [-0.1, -0.05) is 24.3 Å². The monoisotopic (exact) mass is 497 g/mol. The average molecular weight is 498 g/mol. The van der Waals surface area contributed by atoms with Crippen LogP contribution in [0.3, 0.4) is 0 Å². The number of para-hydroxylation sites is 1. The fourth-order valence-corrected chi connectivity index (χ4v) is 4.35. The molecule has 3 aromatic rings. The molecule has 36 heavy (non-hydrogen) atoms. The summed E-state index contributed by atoms with van der Waals surface area (Å²) in [6.07, 6.45) is 1.06. The molecule has 8 nitrogen and oxygen atoms in total. The quantitative estimate of drug-likeness (QED) is 0.303. The second kappa shape index (κ2) is 12.0. The molecule has 1 aromatic heterocycles. The highest BCUT2D eigenvalue weighted by molar-refractivity contribution is 5.82. The lowest BCUT2D eigenvalue weighted by atomic mass is 10.1. The lowest BCUT2D eigenvalue weighted by molar-refractivity contribution is -0.140. The molecule has 0 spiro atoms. The zero-order valence-corrected chi connectivity index (χ0v) is 20.7. The van der Waals surface area contributed by atoms with Gasteiger partial charge in [0, 0.05) is 25.1 Å². The molecule has 1 fully saturated rings. The number of carbonyl (C=O) groups excluding carboxylic acids is 2. The molecule has 1 aliphatic rings. The van der Waals surface area contributed by atoms with Crippen molar-refractivity contribution in [2.45, 2.75) is 51.2 Å². The maximum absolute atomic E-state index is 14.2. The van der Waals surface area contributed by atoms with Crippen LogP contribution in [-0.4, -0.2) is 60.8 Å². The largest absolute Gasteiger partial charge is 0.469 e. The van der Waals surface area contributed by atoms with Crippen LogP contribution in [0.2, 0.25) is 0 Å². The van der Waals surface area contributed by atoms with E-state index in [4.69, 9.17) is 9.15 Å². The van der Waals surface area contributed by atoms with Crippen LogP contribution in [0.15, 0.2) is 46.9 Å². The van der Waals surface area contributed by atoms with Crippen molar-refractivity contribution in [2.24, 2.45) is 0 Å². The molecule has 4 rings (SSSR count). The lowest BCUT2D eigenvalue weighted by Gasteiger charge is -2.24. The Morgan fingerprint density at radius 3 is 2.86 bits per heavy atom. The second-order valence-corrected chi connectivity index (χ2v) is 9.08. The number of nitrogens with zero attached hydrogens (tertiary/aromatic N) is 2. The molecule has 2 heterocycles. The van der Waals surface area contributed by atoms with E-state index in [2.05, 4.69) is 15.0 Å². The van der Waals surface area contributed by atoms with Gasteiger partial charge in [-0.2, -0.15) is 4.98 Å². The number of carbonyl (C=O) groups is 2. The van der Waals surface area contributed by atoms with Gasteiger partial charge in [-0.3, -0.25) is 9.59 Å². The summed E-state index contributed by atoms with van der Waals surface area (Å²) in [5.74, 6) is -0.392. The fourth-order valence-electron chi connectivity index (χ4n) is 4.35. The minimum absolute atomic E-state index is 0.0737. The van der Waals surface area contributed by atoms with Crippen molar-refractivity contribution in [2.75, 3.05) is 32.2 Å². The molecule has 1 aliphatic heterocycles. The summed E-state index contributed by atoms with van der Waals surface area (Å²) in [4.78, 5) is 30.2. The van der Waals surface area contributed by atoms with Crippen molar-refractivity contribution in [3.8, 4) is 0 Å². The van der Waals surface area contributed by atoms with Crippen molar-refractivity contribution >= 4 is 34.7 Å². The summed E-state index contributed by atoms with van der Waals surface area (Å²) in [6.45, 7) is 2.80. The number of rotatable bonds is 11. The number of hydrogen-bond acceptors (Lipinski definition) is 7. The fraction of sp³-hybridized carbons (Fsp3) is 0.444. The average Bonchev–Trinajstić information content (AvgIpc) is 3.44. The van der Waals surface area contributed by atoms with Gasteiger partial charge in [0.15, 0.2) is 5.58 Å². The van der Waals surface area contributed by atoms with Crippen LogP contribution in [0.25, 0.3) is 11.1 Å². The molecule has 1 N–H and O–H groups in total. The van der Waals surface area contributed by atoms with Crippen LogP contribution in [-0.2, 0) is 25.5 Å². The number of halogens is 1. The molecule has 0 radical (unpaired) electrons. The molecule has 2 atom stereocenters. The predicted molar refractivity (Wildman–Crippen MR) is 134 cm³/mol. The Bertz CT molecular complexity index is 1200. The Morgan fingerprint density at radius 2 is 2.06 bits per heavy atom. The van der Waals surface area contributed by atoms with Gasteiger partial charge < -0.3 is 24.1 Å². The summed E-state index contributed by atoms with van der Waals surface area (Å²) < 4.78 is 30.3. The normalized spacial score (nSPS) is 17.5. The van der Waals surface area contributed by atoms with Crippen LogP contribution >= 0.6 is 0 Å². The third-order valence-corrected chi connectivity index (χ3v) is 6.34. The number of ether oxygens (including phenoxy) is 2. The minimum Gasteiger partial charge on any atom is -0.469 e. The van der Waals surface area contributed by atoms with Crippen LogP contribution in [0.1, 0.15) is 36.8 Å². The molecule has 1 amide bonds. The van der Waals surface area contributed by atoms with Crippen molar-refractivity contribution in [3.63, 3.8) is 0 Å². The van der Waals surface area contributed by atoms with E-state index in [1.165, 1.54) is 7.11 Å². The first-order valence-corrected chi connectivity index (χ1v) is 12.2. The number of amides is 1. The number of fused-ring (bicyclic) bond motifs is 1. The molecule has 2 aromatic carbocycles. The highest BCUT2D eigenvalue weighted by atomic mass is 19.1. The minimum atomic E-state index is -1.06. The molecular formula is C27H32FN3O5. The molecule has 1 saturated heterocycles. The smallest absolute Gasteiger partial charge is 0.305 e. The number of aromatic nitrogens is 1. The number of oxazole rings is 1. The third-order valence-electron chi connectivity index (χ3n) is 6.34. The highest BCUT2D eigenvalue weighted by Crippen LogP contribution is 2.26. The molecule has 0 saturated carbocycles. The molecule has 0 bridgehead atoms. The van der Waals surface area contributed by atoms with Crippen molar-refractivity contribution in [1.29, 1.82) is 0 Å². The number of likely N-dealkylation sites (tertiary alicyclic amines) is 1. The number of esters is 1. The van der Waals surface area contributed by atoms with E-state index in [0.717, 1.165) is 16.8 Å². The van der Waals surface area contributed by atoms with E-state index in [-0.39, 0.29) is 43.9 Å². The van der Waals surface area contributed by atoms with E-state index in [1.807, 2.05) is 43.3 Å². The number of benzene rings is 2. The summed E-state index contributed by atoms with van der Waals surface area (Å²) in [5, 5.41) is 3.19. The Hall–Kier alpha value is -3.46. The number of unbranched alkanes of at least 4 members (excludes halogenated alkanes) is 1. The van der Waals surface area contributed by atoms with Gasteiger partial charge in [0.25, 0.3) is 6.01 Å². The first kappa shape index (κ1) is 25.6. The number of anilines is 2. The van der Waals surface area contributed by atoms with Crippen molar-refractivity contribution in [3.05, 3.63) is 53.6 Å². The van der Waals surface area contributed by atoms with E-state index in [9.17, 15) is 14.0 Å². The van der Waals surface area contributed by atoms with Gasteiger partial charge in [-0.05, 0) is 49.1 Å². The van der Waals surface area contributed by atoms with Crippen molar-refractivity contribution < 1.29 is 27.9 Å². The van der Waals surface area contributed by atoms with Crippen LogP contribution in [0, 0.1) is 6.92 Å². The van der Waals surface area contributed by atoms with Crippen LogP contribution in [0.4, 0.5) is 16.1 Å². The van der Waals surface area contributed by atoms with Gasteiger partial charge in [0.05, 0.1) is 32.7 Å². The first-order chi connectivity index (χ1) is 17.4. The Labute approximate surface area is 209 Å². The van der Waals surface area contributed by atoms with Gasteiger partial charge in [-0.15, -0.1) is 0 Å². The summed E-state index contributed by atoms with van der Waals surface area (Å²) in [5.41, 5.74) is 4.02. The molecular weight excluding hydrogens is 465 g/mol. The van der Waals surface area contributed by atoms with Gasteiger partial charge in [0.2, 0.25) is 5.91 Å².